The van der Waals surface area contributed by atoms with Crippen molar-refractivity contribution in [3.8, 4) is 5.75 Å². The highest BCUT2D eigenvalue weighted by atomic mass is 16.5. The van der Waals surface area contributed by atoms with E-state index in [9.17, 15) is 4.79 Å². The molecule has 5 nitrogen and oxygen atoms in total. The fourth-order valence-electron chi connectivity index (χ4n) is 1.73. The van der Waals surface area contributed by atoms with Crippen molar-refractivity contribution < 1.29 is 9.53 Å². The van der Waals surface area contributed by atoms with E-state index in [0.717, 1.165) is 13.0 Å². The van der Waals surface area contributed by atoms with Crippen LogP contribution in [-0.4, -0.2) is 30.1 Å². The van der Waals surface area contributed by atoms with E-state index in [1.807, 2.05) is 0 Å². The third-order valence-corrected chi connectivity index (χ3v) is 2.61. The van der Waals surface area contributed by atoms with E-state index in [4.69, 9.17) is 10.5 Å². The van der Waals surface area contributed by atoms with Crippen LogP contribution in [0.4, 0.5) is 0 Å². The highest BCUT2D eigenvalue weighted by Gasteiger charge is 2.14. The van der Waals surface area contributed by atoms with Crippen LogP contribution in [-0.2, 0) is 0 Å². The van der Waals surface area contributed by atoms with Gasteiger partial charge in [-0.25, -0.2) is 0 Å². The summed E-state index contributed by atoms with van der Waals surface area (Å²) < 4.78 is 5.55. The fourth-order valence-corrected chi connectivity index (χ4v) is 1.73. The highest BCUT2D eigenvalue weighted by molar-refractivity contribution is 5.92. The summed E-state index contributed by atoms with van der Waals surface area (Å²) in [5.41, 5.74) is 5.53. The van der Waals surface area contributed by atoms with Gasteiger partial charge in [0.25, 0.3) is 0 Å². The van der Waals surface area contributed by atoms with E-state index in [2.05, 4.69) is 10.3 Å². The maximum absolute atomic E-state index is 10.9. The Bertz CT molecular complexity index is 375. The van der Waals surface area contributed by atoms with Crippen LogP contribution in [0.5, 0.6) is 5.75 Å². The second-order valence-electron chi connectivity index (χ2n) is 3.88. The van der Waals surface area contributed by atoms with Crippen LogP contribution in [0.1, 0.15) is 23.2 Å². The summed E-state index contributed by atoms with van der Waals surface area (Å²) >= 11 is 0. The summed E-state index contributed by atoms with van der Waals surface area (Å²) in [4.78, 5) is 14.8. The van der Waals surface area contributed by atoms with Gasteiger partial charge in [-0.2, -0.15) is 0 Å². The molecule has 0 aliphatic carbocycles. The summed E-state index contributed by atoms with van der Waals surface area (Å²) in [6.45, 7) is 1.65. The smallest absolute Gasteiger partial charge is 0.250 e. The van der Waals surface area contributed by atoms with Crippen molar-refractivity contribution >= 4 is 5.91 Å². The summed E-state index contributed by atoms with van der Waals surface area (Å²) in [5.74, 6) is 0.0990. The SMILES string of the molecule is NC(=O)c1cncc(OC[C@H]2CCCN2)c1. The van der Waals surface area contributed by atoms with Crippen molar-refractivity contribution in [3.63, 3.8) is 0 Å². The number of rotatable bonds is 4. The van der Waals surface area contributed by atoms with E-state index in [1.165, 1.54) is 12.6 Å². The molecule has 1 saturated heterocycles. The monoisotopic (exact) mass is 221 g/mol. The molecule has 0 unspecified atom stereocenters. The maximum atomic E-state index is 10.9. The second kappa shape index (κ2) is 4.94. The fraction of sp³-hybridized carbons (Fsp3) is 0.455. The van der Waals surface area contributed by atoms with Gasteiger partial charge < -0.3 is 15.8 Å². The van der Waals surface area contributed by atoms with Gasteiger partial charge in [0.05, 0.1) is 11.8 Å². The number of nitrogens with two attached hydrogens (primary N) is 1. The van der Waals surface area contributed by atoms with Gasteiger partial charge in [-0.3, -0.25) is 9.78 Å². The first-order valence-corrected chi connectivity index (χ1v) is 5.37. The predicted octanol–water partition coefficient (Wildman–Crippen LogP) is 0.311. The Kier molecular flexibility index (Phi) is 3.36. The van der Waals surface area contributed by atoms with Crippen molar-refractivity contribution in [2.24, 2.45) is 5.73 Å². The molecule has 1 amide bonds. The standard InChI is InChI=1S/C11H15N3O2/c12-11(15)8-4-10(6-13-5-8)16-7-9-2-1-3-14-9/h4-6,9,14H,1-3,7H2,(H2,12,15)/t9-/m1/s1. The van der Waals surface area contributed by atoms with Crippen molar-refractivity contribution in [3.05, 3.63) is 24.0 Å². The third-order valence-electron chi connectivity index (χ3n) is 2.61. The number of aromatic nitrogens is 1. The normalized spacial score (nSPS) is 19.6. The minimum atomic E-state index is -0.489. The number of primary amides is 1. The number of carbonyl (C=O) groups is 1. The van der Waals surface area contributed by atoms with Crippen LogP contribution < -0.4 is 15.8 Å². The summed E-state index contributed by atoms with van der Waals surface area (Å²) in [5, 5.41) is 3.33. The molecule has 2 heterocycles. The van der Waals surface area contributed by atoms with Crippen LogP contribution in [0, 0.1) is 0 Å². The zero-order chi connectivity index (χ0) is 11.4. The summed E-state index contributed by atoms with van der Waals surface area (Å²) in [6.07, 6.45) is 5.33. The first-order chi connectivity index (χ1) is 7.75. The lowest BCUT2D eigenvalue weighted by Gasteiger charge is -2.11. The van der Waals surface area contributed by atoms with Gasteiger partial charge in [-0.1, -0.05) is 0 Å². The lowest BCUT2D eigenvalue weighted by atomic mass is 10.2. The predicted molar refractivity (Wildman–Crippen MR) is 59.3 cm³/mol. The Labute approximate surface area is 94.0 Å². The van der Waals surface area contributed by atoms with Gasteiger partial charge in [0.1, 0.15) is 12.4 Å². The molecule has 0 aromatic carbocycles. The molecule has 0 radical (unpaired) electrons. The average molecular weight is 221 g/mol. The number of ether oxygens (including phenoxy) is 1. The van der Waals surface area contributed by atoms with E-state index in [1.54, 1.807) is 12.3 Å². The minimum Gasteiger partial charge on any atom is -0.490 e. The average Bonchev–Trinajstić information content (AvgIpc) is 2.79. The van der Waals surface area contributed by atoms with Crippen molar-refractivity contribution in [1.82, 2.24) is 10.3 Å². The first-order valence-electron chi connectivity index (χ1n) is 5.37. The number of carbonyl (C=O) groups excluding carboxylic acids is 1. The third kappa shape index (κ3) is 2.70. The molecule has 2 rings (SSSR count). The molecule has 3 N–H and O–H groups in total. The van der Waals surface area contributed by atoms with E-state index in [-0.39, 0.29) is 0 Å². The zero-order valence-corrected chi connectivity index (χ0v) is 8.98. The lowest BCUT2D eigenvalue weighted by molar-refractivity contribution is 0.0999. The Hall–Kier alpha value is -1.62. The molecule has 0 spiro atoms. The van der Waals surface area contributed by atoms with Gasteiger partial charge >= 0.3 is 0 Å². The minimum absolute atomic E-state index is 0.372. The maximum Gasteiger partial charge on any atom is 0.250 e. The van der Waals surface area contributed by atoms with Gasteiger partial charge in [0, 0.05) is 12.2 Å². The quantitative estimate of drug-likeness (QED) is 0.767. The first kappa shape index (κ1) is 10.9. The van der Waals surface area contributed by atoms with E-state index in [0.29, 0.717) is 24.0 Å². The molecular formula is C11H15N3O2. The molecule has 5 heteroatoms. The van der Waals surface area contributed by atoms with Crippen molar-refractivity contribution in [2.45, 2.75) is 18.9 Å². The molecule has 1 aliphatic rings. The van der Waals surface area contributed by atoms with Crippen LogP contribution in [0.2, 0.25) is 0 Å². The molecule has 16 heavy (non-hydrogen) atoms. The molecule has 0 bridgehead atoms. The molecule has 0 saturated carbocycles. The number of hydrogen-bond donors (Lipinski definition) is 2. The molecular weight excluding hydrogens is 206 g/mol. The topological polar surface area (TPSA) is 77.2 Å². The second-order valence-corrected chi connectivity index (χ2v) is 3.88. The molecule has 1 aromatic rings. The number of amides is 1. The number of nitrogens with zero attached hydrogens (tertiary/aromatic N) is 1. The van der Waals surface area contributed by atoms with Gasteiger partial charge in [-0.05, 0) is 25.5 Å². The van der Waals surface area contributed by atoms with Gasteiger partial charge in [-0.15, -0.1) is 0 Å². The summed E-state index contributed by atoms with van der Waals surface area (Å²) in [7, 11) is 0. The van der Waals surface area contributed by atoms with Crippen LogP contribution >= 0.6 is 0 Å². The Morgan fingerprint density at radius 3 is 3.19 bits per heavy atom. The Morgan fingerprint density at radius 1 is 1.62 bits per heavy atom. The molecule has 1 aliphatic heterocycles. The molecule has 1 aromatic heterocycles. The number of pyridine rings is 1. The van der Waals surface area contributed by atoms with Crippen LogP contribution in [0.15, 0.2) is 18.5 Å². The Balaban J connectivity index is 1.93. The largest absolute Gasteiger partial charge is 0.490 e. The van der Waals surface area contributed by atoms with Gasteiger partial charge in [0.15, 0.2) is 0 Å². The molecule has 1 atom stereocenters. The highest BCUT2D eigenvalue weighted by Crippen LogP contribution is 2.13. The van der Waals surface area contributed by atoms with Crippen LogP contribution in [0.25, 0.3) is 0 Å². The van der Waals surface area contributed by atoms with Crippen molar-refractivity contribution in [2.75, 3.05) is 13.2 Å². The number of nitrogens with one attached hydrogen (secondary N) is 1. The lowest BCUT2D eigenvalue weighted by Crippen LogP contribution is -2.28. The number of hydrogen-bond acceptors (Lipinski definition) is 4. The van der Waals surface area contributed by atoms with Crippen molar-refractivity contribution in [1.29, 1.82) is 0 Å². The van der Waals surface area contributed by atoms with Crippen LogP contribution in [0.3, 0.4) is 0 Å². The van der Waals surface area contributed by atoms with Gasteiger partial charge in [0.2, 0.25) is 5.91 Å². The Morgan fingerprint density at radius 2 is 2.50 bits per heavy atom. The zero-order valence-electron chi connectivity index (χ0n) is 8.98. The van der Waals surface area contributed by atoms with E-state index >= 15 is 0 Å². The van der Waals surface area contributed by atoms with E-state index < -0.39 is 5.91 Å². The molecule has 1 fully saturated rings. The summed E-state index contributed by atoms with van der Waals surface area (Å²) in [6, 6.07) is 2.02. The molecule has 86 valence electrons.